The molecule has 1 aliphatic heterocycles. The molecule has 0 amide bonds. The van der Waals surface area contributed by atoms with Crippen molar-refractivity contribution in [3.05, 3.63) is 15.8 Å². The maximum Gasteiger partial charge on any atom is 0.345 e. The van der Waals surface area contributed by atoms with Gasteiger partial charge in [-0.3, -0.25) is 0 Å². The molecule has 1 N–H and O–H groups in total. The van der Waals surface area contributed by atoms with Gasteiger partial charge < -0.3 is 9.84 Å². The highest BCUT2D eigenvalue weighted by molar-refractivity contribution is 7.89. The van der Waals surface area contributed by atoms with Gasteiger partial charge in [-0.15, -0.1) is 11.3 Å². The number of aryl methyl sites for hydroxylation is 1. The van der Waals surface area contributed by atoms with Crippen molar-refractivity contribution in [2.75, 3.05) is 26.8 Å². The van der Waals surface area contributed by atoms with Gasteiger partial charge in [0, 0.05) is 31.7 Å². The zero-order valence-corrected chi connectivity index (χ0v) is 13.7. The Morgan fingerprint density at radius 2 is 2.10 bits per heavy atom. The molecule has 8 heteroatoms. The van der Waals surface area contributed by atoms with Crippen LogP contribution in [0.15, 0.2) is 11.0 Å². The second kappa shape index (κ2) is 6.43. The van der Waals surface area contributed by atoms with Crippen molar-refractivity contribution in [3.63, 3.8) is 0 Å². The summed E-state index contributed by atoms with van der Waals surface area (Å²) in [5, 5.41) is 8.98. The molecule has 0 radical (unpaired) electrons. The van der Waals surface area contributed by atoms with Crippen molar-refractivity contribution in [2.45, 2.75) is 24.7 Å². The van der Waals surface area contributed by atoms with E-state index < -0.39 is 16.0 Å². The van der Waals surface area contributed by atoms with Crippen molar-refractivity contribution >= 4 is 27.3 Å². The number of hydrogen-bond acceptors (Lipinski definition) is 5. The minimum absolute atomic E-state index is 0.0468. The zero-order valence-electron chi connectivity index (χ0n) is 12.0. The molecule has 0 aromatic carbocycles. The summed E-state index contributed by atoms with van der Waals surface area (Å²) in [4.78, 5) is 11.6. The van der Waals surface area contributed by atoms with E-state index in [0.717, 1.165) is 24.2 Å². The summed E-state index contributed by atoms with van der Waals surface area (Å²) < 4.78 is 31.7. The Labute approximate surface area is 128 Å². The summed E-state index contributed by atoms with van der Waals surface area (Å²) in [5.74, 6) is -0.812. The first-order valence-electron chi connectivity index (χ1n) is 6.70. The van der Waals surface area contributed by atoms with Crippen molar-refractivity contribution in [1.82, 2.24) is 4.31 Å². The van der Waals surface area contributed by atoms with Gasteiger partial charge in [-0.2, -0.15) is 0 Å². The van der Waals surface area contributed by atoms with Gasteiger partial charge in [0.1, 0.15) is 4.88 Å². The fourth-order valence-electron chi connectivity index (χ4n) is 2.39. The first-order chi connectivity index (χ1) is 9.82. The van der Waals surface area contributed by atoms with Gasteiger partial charge in [-0.25, -0.2) is 17.5 Å². The molecule has 1 aliphatic rings. The number of aromatic carboxylic acids is 1. The Balaban J connectivity index is 2.18. The summed E-state index contributed by atoms with van der Waals surface area (Å²) >= 11 is 0.987. The number of carbonyl (C=O) groups is 1. The van der Waals surface area contributed by atoms with Crippen molar-refractivity contribution < 1.29 is 23.1 Å². The molecule has 21 heavy (non-hydrogen) atoms. The second-order valence-electron chi connectivity index (χ2n) is 5.18. The number of hydrogen-bond donors (Lipinski definition) is 1. The lowest BCUT2D eigenvalue weighted by Gasteiger charge is -2.26. The highest BCUT2D eigenvalue weighted by Crippen LogP contribution is 2.29. The largest absolute Gasteiger partial charge is 0.477 e. The van der Waals surface area contributed by atoms with Crippen LogP contribution < -0.4 is 0 Å². The van der Waals surface area contributed by atoms with Gasteiger partial charge in [0.15, 0.2) is 0 Å². The molecule has 2 rings (SSSR count). The molecule has 0 bridgehead atoms. The Kier molecular flexibility index (Phi) is 5.03. The molecule has 118 valence electrons. The fraction of sp³-hybridized carbons (Fsp3) is 0.615. The number of nitrogens with zero attached hydrogens (tertiary/aromatic N) is 1. The van der Waals surface area contributed by atoms with E-state index >= 15 is 0 Å². The van der Waals surface area contributed by atoms with Crippen LogP contribution in [0.25, 0.3) is 0 Å². The first kappa shape index (κ1) is 16.4. The fourth-order valence-corrected chi connectivity index (χ4v) is 5.03. The van der Waals surface area contributed by atoms with E-state index in [1.54, 1.807) is 14.0 Å². The third-order valence-electron chi connectivity index (χ3n) is 3.63. The highest BCUT2D eigenvalue weighted by atomic mass is 32.2. The average molecular weight is 333 g/mol. The summed E-state index contributed by atoms with van der Waals surface area (Å²) in [6.45, 7) is 3.40. The Hall–Kier alpha value is -0.960. The van der Waals surface area contributed by atoms with E-state index in [4.69, 9.17) is 9.84 Å². The van der Waals surface area contributed by atoms with Crippen LogP contribution in [0.1, 0.15) is 27.4 Å². The normalized spacial score (nSPS) is 17.3. The van der Waals surface area contributed by atoms with Crippen LogP contribution in [0.3, 0.4) is 0 Å². The molecular weight excluding hydrogens is 314 g/mol. The van der Waals surface area contributed by atoms with Crippen molar-refractivity contribution in [1.29, 1.82) is 0 Å². The molecule has 1 saturated heterocycles. The number of thiophene rings is 1. The summed E-state index contributed by atoms with van der Waals surface area (Å²) in [7, 11) is -2.10. The predicted molar refractivity (Wildman–Crippen MR) is 79.4 cm³/mol. The third-order valence-corrected chi connectivity index (χ3v) is 6.74. The number of carboxylic acids is 1. The molecule has 1 fully saturated rings. The summed E-state index contributed by atoms with van der Waals surface area (Å²) in [5.41, 5.74) is 0. The van der Waals surface area contributed by atoms with E-state index in [1.807, 2.05) is 0 Å². The number of rotatable bonds is 5. The van der Waals surface area contributed by atoms with Crippen molar-refractivity contribution in [3.8, 4) is 0 Å². The Bertz CT molecular complexity index is 617. The third kappa shape index (κ3) is 3.63. The topological polar surface area (TPSA) is 83.9 Å². The van der Waals surface area contributed by atoms with Crippen LogP contribution in [-0.4, -0.2) is 50.6 Å². The summed E-state index contributed by atoms with van der Waals surface area (Å²) in [6, 6.07) is 1.25. The van der Waals surface area contributed by atoms with E-state index in [0.29, 0.717) is 24.6 Å². The summed E-state index contributed by atoms with van der Waals surface area (Å²) in [6.07, 6.45) is 1.70. The zero-order chi connectivity index (χ0) is 15.6. The molecule has 1 aromatic rings. The van der Waals surface area contributed by atoms with Crippen LogP contribution >= 0.6 is 11.3 Å². The monoisotopic (exact) mass is 333 g/mol. The van der Waals surface area contributed by atoms with Gasteiger partial charge in [-0.1, -0.05) is 0 Å². The lowest BCUT2D eigenvalue weighted by atomic mass is 10.0. The standard InChI is InChI=1S/C13H19NO5S2/c1-9-12(7-11(20-9)13(15)16)21(17,18)14(2)8-10-3-5-19-6-4-10/h7,10H,3-6,8H2,1-2H3,(H,15,16). The maximum atomic E-state index is 12.6. The quantitative estimate of drug-likeness (QED) is 0.888. The van der Waals surface area contributed by atoms with Crippen LogP contribution in [0.2, 0.25) is 0 Å². The minimum atomic E-state index is -3.64. The van der Waals surface area contributed by atoms with Gasteiger partial charge >= 0.3 is 5.97 Å². The van der Waals surface area contributed by atoms with Gasteiger partial charge in [0.05, 0.1) is 4.90 Å². The van der Waals surface area contributed by atoms with E-state index in [-0.39, 0.29) is 15.7 Å². The molecule has 1 aromatic heterocycles. The Morgan fingerprint density at radius 3 is 2.62 bits per heavy atom. The lowest BCUT2D eigenvalue weighted by Crippen LogP contribution is -2.34. The van der Waals surface area contributed by atoms with Crippen LogP contribution in [0.4, 0.5) is 0 Å². The molecule has 2 heterocycles. The lowest BCUT2D eigenvalue weighted by molar-refractivity contribution is 0.0620. The smallest absolute Gasteiger partial charge is 0.345 e. The maximum absolute atomic E-state index is 12.6. The molecular formula is C13H19NO5S2. The number of sulfonamides is 1. The van der Waals surface area contributed by atoms with Crippen LogP contribution in [-0.2, 0) is 14.8 Å². The second-order valence-corrected chi connectivity index (χ2v) is 8.45. The van der Waals surface area contributed by atoms with E-state index in [2.05, 4.69) is 0 Å². The first-order valence-corrected chi connectivity index (χ1v) is 8.96. The molecule has 0 spiro atoms. The molecule has 0 unspecified atom stereocenters. The van der Waals surface area contributed by atoms with Gasteiger partial charge in [0.2, 0.25) is 10.0 Å². The predicted octanol–water partition coefficient (Wildman–Crippen LogP) is 1.80. The molecule has 0 saturated carbocycles. The molecule has 0 atom stereocenters. The van der Waals surface area contributed by atoms with Crippen LogP contribution in [0, 0.1) is 12.8 Å². The average Bonchev–Trinajstić information content (AvgIpc) is 2.83. The minimum Gasteiger partial charge on any atom is -0.477 e. The molecule has 6 nitrogen and oxygen atoms in total. The molecule has 0 aliphatic carbocycles. The number of ether oxygens (including phenoxy) is 1. The van der Waals surface area contributed by atoms with Gasteiger partial charge in [0.25, 0.3) is 0 Å². The van der Waals surface area contributed by atoms with Gasteiger partial charge in [-0.05, 0) is 31.7 Å². The van der Waals surface area contributed by atoms with E-state index in [1.165, 1.54) is 10.4 Å². The SMILES string of the molecule is Cc1sc(C(=O)O)cc1S(=O)(=O)N(C)CC1CCOCC1. The van der Waals surface area contributed by atoms with Crippen LogP contribution in [0.5, 0.6) is 0 Å². The van der Waals surface area contributed by atoms with Crippen molar-refractivity contribution in [2.24, 2.45) is 5.92 Å². The van der Waals surface area contributed by atoms with E-state index in [9.17, 15) is 13.2 Å². The Morgan fingerprint density at radius 1 is 1.48 bits per heavy atom. The highest BCUT2D eigenvalue weighted by Gasteiger charge is 2.28. The number of carboxylic acid groups (broad SMARTS) is 1.